The fourth-order valence-corrected chi connectivity index (χ4v) is 3.91. The molecule has 0 saturated heterocycles. The van der Waals surface area contributed by atoms with Crippen molar-refractivity contribution in [2.75, 3.05) is 11.1 Å². The van der Waals surface area contributed by atoms with Gasteiger partial charge in [0.2, 0.25) is 0 Å². The van der Waals surface area contributed by atoms with Gasteiger partial charge in [0.15, 0.2) is 0 Å². The number of benzene rings is 1. The number of carboxylic acid groups (broad SMARTS) is 1. The topological polar surface area (TPSA) is 92.4 Å². The molecule has 3 aromatic rings. The van der Waals surface area contributed by atoms with Crippen LogP contribution in [-0.4, -0.2) is 17.0 Å². The minimum absolute atomic E-state index is 0.0262. The number of amides is 1. The summed E-state index contributed by atoms with van der Waals surface area (Å²) in [7, 11) is 0. The Kier molecular flexibility index (Phi) is 3.36. The highest BCUT2D eigenvalue weighted by Crippen LogP contribution is 2.30. The van der Waals surface area contributed by atoms with Crippen molar-refractivity contribution >= 4 is 55.3 Å². The van der Waals surface area contributed by atoms with Gasteiger partial charge in [-0.2, -0.15) is 0 Å². The van der Waals surface area contributed by atoms with Crippen molar-refractivity contribution in [1.82, 2.24) is 0 Å². The summed E-state index contributed by atoms with van der Waals surface area (Å²) >= 11 is 2.94. The van der Waals surface area contributed by atoms with E-state index < -0.39 is 5.97 Å². The zero-order chi connectivity index (χ0) is 15.0. The van der Waals surface area contributed by atoms with Gasteiger partial charge in [-0.25, -0.2) is 4.79 Å². The number of hydrogen-bond donors (Lipinski definition) is 3. The minimum Gasteiger partial charge on any atom is -0.478 e. The predicted molar refractivity (Wildman–Crippen MR) is 85.5 cm³/mol. The minimum atomic E-state index is -1.13. The molecule has 5 nitrogen and oxygen atoms in total. The molecule has 3 rings (SSSR count). The third-order valence-corrected chi connectivity index (χ3v) is 4.98. The second kappa shape index (κ2) is 5.19. The maximum absolute atomic E-state index is 12.2. The maximum Gasteiger partial charge on any atom is 0.337 e. The van der Waals surface area contributed by atoms with Crippen molar-refractivity contribution < 1.29 is 14.7 Å². The molecule has 0 aliphatic carbocycles. The number of nitrogens with one attached hydrogen (secondary N) is 1. The molecule has 0 spiro atoms. The number of nitrogen functional groups attached to an aromatic ring is 1. The van der Waals surface area contributed by atoms with Crippen LogP contribution in [0.4, 0.5) is 11.4 Å². The lowest BCUT2D eigenvalue weighted by molar-refractivity contribution is 0.0698. The summed E-state index contributed by atoms with van der Waals surface area (Å²) in [5.41, 5.74) is 6.12. The van der Waals surface area contributed by atoms with E-state index in [1.807, 2.05) is 11.4 Å². The highest BCUT2D eigenvalue weighted by molar-refractivity contribution is 7.27. The van der Waals surface area contributed by atoms with Gasteiger partial charge in [-0.15, -0.1) is 22.7 Å². The van der Waals surface area contributed by atoms with E-state index in [4.69, 9.17) is 10.8 Å². The van der Waals surface area contributed by atoms with Crippen LogP contribution in [0.1, 0.15) is 20.0 Å². The van der Waals surface area contributed by atoms with Crippen molar-refractivity contribution in [3.05, 3.63) is 46.2 Å². The van der Waals surface area contributed by atoms with Crippen LogP contribution in [0.5, 0.6) is 0 Å². The normalized spacial score (nSPS) is 10.7. The summed E-state index contributed by atoms with van der Waals surface area (Å²) in [5, 5.41) is 13.7. The highest BCUT2D eigenvalue weighted by Gasteiger charge is 2.16. The maximum atomic E-state index is 12.2. The van der Waals surface area contributed by atoms with Crippen molar-refractivity contribution in [3.63, 3.8) is 0 Å². The second-order valence-electron chi connectivity index (χ2n) is 4.32. The van der Waals surface area contributed by atoms with Crippen molar-refractivity contribution in [2.45, 2.75) is 0 Å². The molecule has 106 valence electrons. The Morgan fingerprint density at radius 3 is 2.67 bits per heavy atom. The van der Waals surface area contributed by atoms with Crippen molar-refractivity contribution in [3.8, 4) is 0 Å². The quantitative estimate of drug-likeness (QED) is 0.644. The van der Waals surface area contributed by atoms with E-state index in [-0.39, 0.29) is 17.2 Å². The summed E-state index contributed by atoms with van der Waals surface area (Å²) in [6, 6.07) is 8.12. The number of aromatic carboxylic acids is 1. The first-order chi connectivity index (χ1) is 10.0. The van der Waals surface area contributed by atoms with Gasteiger partial charge in [-0.05, 0) is 35.7 Å². The number of carbonyl (C=O) groups excluding carboxylic acids is 1. The lowest BCUT2D eigenvalue weighted by Gasteiger charge is -2.08. The smallest absolute Gasteiger partial charge is 0.337 e. The van der Waals surface area contributed by atoms with Gasteiger partial charge in [0.1, 0.15) is 0 Å². The number of hydrogen-bond acceptors (Lipinski definition) is 5. The number of rotatable bonds is 3. The molecule has 0 aliphatic rings. The first-order valence-electron chi connectivity index (χ1n) is 5.96. The zero-order valence-electron chi connectivity index (χ0n) is 10.6. The molecule has 0 fully saturated rings. The molecule has 2 heterocycles. The summed E-state index contributed by atoms with van der Waals surface area (Å²) in [6.07, 6.45) is 0. The first-order valence-corrected chi connectivity index (χ1v) is 7.65. The molecular formula is C14H10N2O3S2. The number of carboxylic acids is 1. The third kappa shape index (κ3) is 2.61. The zero-order valence-corrected chi connectivity index (χ0v) is 12.3. The van der Waals surface area contributed by atoms with Crippen LogP contribution in [0.15, 0.2) is 35.7 Å². The van der Waals surface area contributed by atoms with Crippen molar-refractivity contribution in [1.29, 1.82) is 0 Å². The van der Waals surface area contributed by atoms with E-state index in [9.17, 15) is 9.59 Å². The van der Waals surface area contributed by atoms with Gasteiger partial charge in [0, 0.05) is 15.1 Å². The van der Waals surface area contributed by atoms with E-state index in [1.54, 1.807) is 23.5 Å². The Bertz CT molecular complexity index is 822. The van der Waals surface area contributed by atoms with Crippen LogP contribution in [0.2, 0.25) is 0 Å². The fraction of sp³-hybridized carbons (Fsp3) is 0. The lowest BCUT2D eigenvalue weighted by Crippen LogP contribution is -2.13. The second-order valence-corrected chi connectivity index (χ2v) is 6.36. The summed E-state index contributed by atoms with van der Waals surface area (Å²) in [4.78, 5) is 24.0. The number of fused-ring (bicyclic) bond motifs is 1. The predicted octanol–water partition coefficient (Wildman–Crippen LogP) is 3.50. The van der Waals surface area contributed by atoms with Crippen LogP contribution in [0.3, 0.4) is 0 Å². The van der Waals surface area contributed by atoms with Gasteiger partial charge in [0.05, 0.1) is 16.1 Å². The number of nitrogens with two attached hydrogens (primary N) is 1. The van der Waals surface area contributed by atoms with Crippen LogP contribution >= 0.6 is 22.7 Å². The fourth-order valence-electron chi connectivity index (χ4n) is 1.91. The van der Waals surface area contributed by atoms with E-state index in [2.05, 4.69) is 5.32 Å². The van der Waals surface area contributed by atoms with Crippen molar-refractivity contribution in [2.24, 2.45) is 0 Å². The average molecular weight is 318 g/mol. The van der Waals surface area contributed by atoms with Crippen LogP contribution in [0, 0.1) is 0 Å². The van der Waals surface area contributed by atoms with E-state index in [0.29, 0.717) is 10.6 Å². The van der Waals surface area contributed by atoms with Gasteiger partial charge in [-0.3, -0.25) is 4.79 Å². The molecule has 1 amide bonds. The van der Waals surface area contributed by atoms with Gasteiger partial charge >= 0.3 is 5.97 Å². The molecule has 2 aromatic heterocycles. The lowest BCUT2D eigenvalue weighted by atomic mass is 10.1. The standard InChI is InChI=1S/C14H10N2O3S2/c15-7-1-2-9(8(5-7)14(18)19)16-13(17)12-6-11-10(21-12)3-4-20-11/h1-6H,15H2,(H,16,17)(H,18,19). The van der Waals surface area contributed by atoms with Gasteiger partial charge < -0.3 is 16.2 Å². The first kappa shape index (κ1) is 13.6. The molecule has 0 unspecified atom stereocenters. The Morgan fingerprint density at radius 2 is 1.95 bits per heavy atom. The summed E-state index contributed by atoms with van der Waals surface area (Å²) < 4.78 is 2.09. The SMILES string of the molecule is Nc1ccc(NC(=O)c2cc3sccc3s2)c(C(=O)O)c1. The number of thiophene rings is 2. The van der Waals surface area contributed by atoms with Gasteiger partial charge in [0.25, 0.3) is 5.91 Å². The molecular weight excluding hydrogens is 308 g/mol. The van der Waals surface area contributed by atoms with E-state index in [0.717, 1.165) is 9.40 Å². The third-order valence-electron chi connectivity index (χ3n) is 2.89. The summed E-state index contributed by atoms with van der Waals surface area (Å²) in [5.74, 6) is -1.46. The molecule has 0 radical (unpaired) electrons. The number of carbonyl (C=O) groups is 2. The van der Waals surface area contributed by atoms with Crippen LogP contribution in [0.25, 0.3) is 9.40 Å². The summed E-state index contributed by atoms with van der Waals surface area (Å²) in [6.45, 7) is 0. The Balaban J connectivity index is 1.91. The van der Waals surface area contributed by atoms with Crippen LogP contribution < -0.4 is 11.1 Å². The average Bonchev–Trinajstić information content (AvgIpc) is 3.01. The largest absolute Gasteiger partial charge is 0.478 e. The monoisotopic (exact) mass is 318 g/mol. The molecule has 0 saturated carbocycles. The molecule has 0 atom stereocenters. The highest BCUT2D eigenvalue weighted by atomic mass is 32.1. The molecule has 0 bridgehead atoms. The van der Waals surface area contributed by atoms with Gasteiger partial charge in [-0.1, -0.05) is 0 Å². The Hall–Kier alpha value is -2.38. The molecule has 0 aliphatic heterocycles. The number of anilines is 2. The molecule has 4 N–H and O–H groups in total. The molecule has 1 aromatic carbocycles. The van der Waals surface area contributed by atoms with E-state index >= 15 is 0 Å². The molecule has 7 heteroatoms. The Morgan fingerprint density at radius 1 is 1.14 bits per heavy atom. The molecule has 21 heavy (non-hydrogen) atoms. The van der Waals surface area contributed by atoms with E-state index in [1.165, 1.54) is 23.5 Å². The Labute approximate surface area is 127 Å². The van der Waals surface area contributed by atoms with Crippen LogP contribution in [-0.2, 0) is 0 Å².